The number of amides is 1. The lowest BCUT2D eigenvalue weighted by atomic mass is 10.1. The molecule has 0 saturated heterocycles. The van der Waals surface area contributed by atoms with E-state index in [1.807, 2.05) is 0 Å². The van der Waals surface area contributed by atoms with Crippen LogP contribution in [0.1, 0.15) is 17.3 Å². The second kappa shape index (κ2) is 4.97. The number of aliphatic carboxylic acids is 1. The fourth-order valence-corrected chi connectivity index (χ4v) is 2.50. The average molecular weight is 324 g/mol. The zero-order chi connectivity index (χ0) is 14.2. The van der Waals surface area contributed by atoms with Crippen LogP contribution in [0.5, 0.6) is 0 Å². The molecule has 5 nitrogen and oxygen atoms in total. The van der Waals surface area contributed by atoms with Crippen LogP contribution in [0.2, 0.25) is 0 Å². The Bertz CT molecular complexity index is 621. The quantitative estimate of drug-likeness (QED) is 0.682. The van der Waals surface area contributed by atoms with Gasteiger partial charge in [0.25, 0.3) is 11.7 Å². The first kappa shape index (κ1) is 13.5. The van der Waals surface area contributed by atoms with Crippen molar-refractivity contribution in [1.82, 2.24) is 0 Å². The van der Waals surface area contributed by atoms with E-state index in [-0.39, 0.29) is 6.54 Å². The summed E-state index contributed by atoms with van der Waals surface area (Å²) in [5.41, 5.74) is 1.32. The minimum atomic E-state index is -1.08. The summed E-state index contributed by atoms with van der Waals surface area (Å²) in [6.45, 7) is 1.68. The smallest absolute Gasteiger partial charge is 0.328 e. The lowest BCUT2D eigenvalue weighted by Crippen LogP contribution is -2.31. The third-order valence-electron chi connectivity index (χ3n) is 2.73. The van der Waals surface area contributed by atoms with Gasteiger partial charge in [-0.3, -0.25) is 9.59 Å². The second-order valence-electron chi connectivity index (χ2n) is 4.18. The first-order valence-corrected chi connectivity index (χ1v) is 6.26. The topological polar surface area (TPSA) is 74.7 Å². The van der Waals surface area contributed by atoms with Crippen LogP contribution in [0, 0.1) is 0 Å². The minimum absolute atomic E-state index is 0.0837. The van der Waals surface area contributed by atoms with Crippen LogP contribution in [0.15, 0.2) is 34.3 Å². The molecule has 6 heteroatoms. The Morgan fingerprint density at radius 1 is 1.42 bits per heavy atom. The molecule has 1 aromatic rings. The van der Waals surface area contributed by atoms with Crippen LogP contribution in [-0.4, -0.2) is 29.3 Å². The van der Waals surface area contributed by atoms with Crippen LogP contribution in [0.25, 0.3) is 0 Å². The van der Waals surface area contributed by atoms with E-state index in [9.17, 15) is 14.4 Å². The van der Waals surface area contributed by atoms with Crippen LogP contribution < -0.4 is 4.90 Å². The molecule has 0 radical (unpaired) electrons. The number of ketones is 1. The summed E-state index contributed by atoms with van der Waals surface area (Å²) in [7, 11) is 0. The number of benzene rings is 1. The number of Topliss-reactive ketones (excluding diaryl/α,β-unsaturated/α-hetero) is 1. The Labute approximate surface area is 117 Å². The normalized spacial score (nSPS) is 14.8. The third kappa shape index (κ3) is 2.44. The largest absolute Gasteiger partial charge is 0.478 e. The molecule has 0 bridgehead atoms. The number of carbonyl (C=O) groups excluding carboxylic acids is 2. The molecular weight excluding hydrogens is 314 g/mol. The summed E-state index contributed by atoms with van der Waals surface area (Å²) < 4.78 is 0.561. The summed E-state index contributed by atoms with van der Waals surface area (Å²) in [5.74, 6) is -2.30. The number of nitrogens with zero attached hydrogens (tertiary/aromatic N) is 1. The molecule has 1 aliphatic rings. The van der Waals surface area contributed by atoms with Gasteiger partial charge in [0.1, 0.15) is 0 Å². The minimum Gasteiger partial charge on any atom is -0.478 e. The Morgan fingerprint density at radius 3 is 2.74 bits per heavy atom. The molecule has 19 heavy (non-hydrogen) atoms. The molecule has 2 rings (SSSR count). The fourth-order valence-electron chi connectivity index (χ4n) is 1.96. The highest BCUT2D eigenvalue weighted by atomic mass is 79.9. The van der Waals surface area contributed by atoms with Gasteiger partial charge < -0.3 is 10.0 Å². The number of hydrogen-bond acceptors (Lipinski definition) is 3. The number of halogens is 1. The monoisotopic (exact) mass is 323 g/mol. The molecule has 0 aromatic heterocycles. The SMILES string of the molecule is CC(=CC(=O)O)CN1C(=O)C(=O)c2c(Br)cccc21. The molecule has 1 heterocycles. The molecule has 0 spiro atoms. The third-order valence-corrected chi connectivity index (χ3v) is 3.39. The number of carboxylic acids is 1. The van der Waals surface area contributed by atoms with Crippen molar-refractivity contribution in [2.45, 2.75) is 6.92 Å². The van der Waals surface area contributed by atoms with Gasteiger partial charge in [-0.1, -0.05) is 6.07 Å². The highest BCUT2D eigenvalue weighted by molar-refractivity contribution is 9.10. The molecule has 0 aliphatic carbocycles. The highest BCUT2D eigenvalue weighted by Crippen LogP contribution is 2.34. The van der Waals surface area contributed by atoms with E-state index in [2.05, 4.69) is 15.9 Å². The Kier molecular flexibility index (Phi) is 3.53. The van der Waals surface area contributed by atoms with Crippen molar-refractivity contribution >= 4 is 39.3 Å². The van der Waals surface area contributed by atoms with Crippen molar-refractivity contribution in [1.29, 1.82) is 0 Å². The van der Waals surface area contributed by atoms with E-state index in [4.69, 9.17) is 5.11 Å². The number of fused-ring (bicyclic) bond motifs is 1. The Balaban J connectivity index is 2.40. The van der Waals surface area contributed by atoms with E-state index in [0.717, 1.165) is 6.08 Å². The van der Waals surface area contributed by atoms with E-state index >= 15 is 0 Å². The summed E-state index contributed by atoms with van der Waals surface area (Å²) in [5, 5.41) is 8.66. The zero-order valence-corrected chi connectivity index (χ0v) is 11.6. The van der Waals surface area contributed by atoms with Crippen molar-refractivity contribution in [3.05, 3.63) is 39.9 Å². The number of carbonyl (C=O) groups is 3. The van der Waals surface area contributed by atoms with Crippen molar-refractivity contribution in [2.75, 3.05) is 11.4 Å². The van der Waals surface area contributed by atoms with E-state index < -0.39 is 17.7 Å². The number of rotatable bonds is 3. The maximum Gasteiger partial charge on any atom is 0.328 e. The van der Waals surface area contributed by atoms with Gasteiger partial charge in [0.2, 0.25) is 0 Å². The van der Waals surface area contributed by atoms with Crippen molar-refractivity contribution in [2.24, 2.45) is 0 Å². The number of carboxylic acid groups (broad SMARTS) is 1. The highest BCUT2D eigenvalue weighted by Gasteiger charge is 2.37. The molecule has 0 atom stereocenters. The average Bonchev–Trinajstić information content (AvgIpc) is 2.55. The Morgan fingerprint density at radius 2 is 2.11 bits per heavy atom. The maximum atomic E-state index is 11.9. The van der Waals surface area contributed by atoms with Crippen molar-refractivity contribution < 1.29 is 19.5 Å². The van der Waals surface area contributed by atoms with Gasteiger partial charge in [0.15, 0.2) is 0 Å². The molecule has 1 N–H and O–H groups in total. The molecule has 0 unspecified atom stereocenters. The maximum absolute atomic E-state index is 11.9. The number of hydrogen-bond donors (Lipinski definition) is 1. The van der Waals surface area contributed by atoms with Crippen LogP contribution in [0.3, 0.4) is 0 Å². The molecule has 1 amide bonds. The predicted molar refractivity (Wildman–Crippen MR) is 72.2 cm³/mol. The van der Waals surface area contributed by atoms with Gasteiger partial charge in [-0.2, -0.15) is 0 Å². The van der Waals surface area contributed by atoms with Gasteiger partial charge in [-0.15, -0.1) is 0 Å². The second-order valence-corrected chi connectivity index (χ2v) is 5.04. The standard InChI is InChI=1S/C13H10BrNO4/c1-7(5-10(16)17)6-15-9-4-2-3-8(14)11(9)12(18)13(15)19/h2-5H,6H2,1H3,(H,16,17). The van der Waals surface area contributed by atoms with E-state index in [1.54, 1.807) is 25.1 Å². The summed E-state index contributed by atoms with van der Waals surface area (Å²) >= 11 is 3.24. The molecule has 1 aromatic carbocycles. The Hall–Kier alpha value is -1.95. The molecule has 0 fully saturated rings. The first-order valence-electron chi connectivity index (χ1n) is 5.46. The van der Waals surface area contributed by atoms with Gasteiger partial charge in [0, 0.05) is 17.1 Å². The van der Waals surface area contributed by atoms with Crippen LogP contribution >= 0.6 is 15.9 Å². The summed E-state index contributed by atoms with van der Waals surface area (Å²) in [4.78, 5) is 35.7. The van der Waals surface area contributed by atoms with Crippen LogP contribution in [0.4, 0.5) is 5.69 Å². The van der Waals surface area contributed by atoms with Gasteiger partial charge in [-0.05, 0) is 40.6 Å². The van der Waals surface area contributed by atoms with E-state index in [1.165, 1.54) is 4.90 Å². The lowest BCUT2D eigenvalue weighted by Gasteiger charge is -2.16. The molecule has 98 valence electrons. The molecular formula is C13H10BrNO4. The fraction of sp³-hybridized carbons (Fsp3) is 0.154. The molecule has 0 saturated carbocycles. The number of anilines is 1. The first-order chi connectivity index (χ1) is 8.91. The van der Waals surface area contributed by atoms with Gasteiger partial charge in [-0.25, -0.2) is 4.79 Å². The summed E-state index contributed by atoms with van der Waals surface area (Å²) in [6.07, 6.45) is 1.02. The zero-order valence-electron chi connectivity index (χ0n) is 10.0. The predicted octanol–water partition coefficient (Wildman–Crippen LogP) is 2.01. The summed E-state index contributed by atoms with van der Waals surface area (Å²) in [6, 6.07) is 5.07. The molecule has 1 aliphatic heterocycles. The van der Waals surface area contributed by atoms with Crippen molar-refractivity contribution in [3.63, 3.8) is 0 Å². The van der Waals surface area contributed by atoms with Gasteiger partial charge in [0.05, 0.1) is 11.3 Å². The van der Waals surface area contributed by atoms with Crippen molar-refractivity contribution in [3.8, 4) is 0 Å². The lowest BCUT2D eigenvalue weighted by molar-refractivity contribution is -0.131. The van der Waals surface area contributed by atoms with Gasteiger partial charge >= 0.3 is 5.97 Å². The van der Waals surface area contributed by atoms with E-state index in [0.29, 0.717) is 21.3 Å². The van der Waals surface area contributed by atoms with Crippen LogP contribution in [-0.2, 0) is 9.59 Å².